The average molecular weight is 376 g/mol. The molecule has 26 heavy (non-hydrogen) atoms. The van der Waals surface area contributed by atoms with Gasteiger partial charge in [-0.05, 0) is 36.8 Å². The largest absolute Gasteiger partial charge is 0.467 e. The molecule has 0 saturated heterocycles. The lowest BCUT2D eigenvalue weighted by Gasteiger charge is -2.14. The average Bonchev–Trinajstić information content (AvgIpc) is 3.14. The molecule has 0 aliphatic rings. The Labute approximate surface area is 157 Å². The monoisotopic (exact) mass is 376 g/mol. The molecular formula is C18H24N4O3S. The van der Waals surface area contributed by atoms with Gasteiger partial charge in [0.2, 0.25) is 0 Å². The number of carbonyl (C=O) groups excluding carboxylic acids is 2. The quantitative estimate of drug-likeness (QED) is 0.638. The van der Waals surface area contributed by atoms with E-state index >= 15 is 0 Å². The van der Waals surface area contributed by atoms with Crippen LogP contribution in [0.25, 0.3) is 0 Å². The Morgan fingerprint density at radius 1 is 1.31 bits per heavy atom. The second-order valence-electron chi connectivity index (χ2n) is 5.79. The summed E-state index contributed by atoms with van der Waals surface area (Å²) in [6.45, 7) is 0.669. The maximum atomic E-state index is 12.3. The van der Waals surface area contributed by atoms with Crippen molar-refractivity contribution >= 4 is 23.6 Å². The second-order valence-corrected chi connectivity index (χ2v) is 6.77. The van der Waals surface area contributed by atoms with E-state index in [1.54, 1.807) is 22.6 Å². The molecule has 1 N–H and O–H groups in total. The Bertz CT molecular complexity index is 705. The number of amides is 1. The molecule has 0 spiro atoms. The normalized spacial score (nSPS) is 11.8. The summed E-state index contributed by atoms with van der Waals surface area (Å²) in [6, 6.07) is 9.52. The highest BCUT2D eigenvalue weighted by Crippen LogP contribution is 2.06. The number of aryl methyl sites for hydroxylation is 2. The van der Waals surface area contributed by atoms with Crippen LogP contribution in [-0.4, -0.2) is 52.0 Å². The van der Waals surface area contributed by atoms with Crippen molar-refractivity contribution in [1.82, 2.24) is 20.3 Å². The van der Waals surface area contributed by atoms with E-state index in [0.717, 1.165) is 18.6 Å². The van der Waals surface area contributed by atoms with E-state index in [2.05, 4.69) is 27.8 Å². The van der Waals surface area contributed by atoms with Crippen LogP contribution in [0.5, 0.6) is 0 Å². The minimum Gasteiger partial charge on any atom is -0.467 e. The molecule has 2 aromatic rings. The molecule has 0 aliphatic carbocycles. The molecule has 0 aliphatic heterocycles. The zero-order chi connectivity index (χ0) is 18.8. The first-order chi connectivity index (χ1) is 12.6. The molecule has 1 amide bonds. The lowest BCUT2D eigenvalue weighted by Crippen LogP contribution is -2.42. The fourth-order valence-corrected chi connectivity index (χ4v) is 2.93. The highest BCUT2D eigenvalue weighted by atomic mass is 32.2. The van der Waals surface area contributed by atoms with Crippen molar-refractivity contribution in [1.29, 1.82) is 0 Å². The van der Waals surface area contributed by atoms with Crippen LogP contribution >= 0.6 is 11.8 Å². The summed E-state index contributed by atoms with van der Waals surface area (Å²) < 4.78 is 6.39. The number of aromatic nitrogens is 3. The van der Waals surface area contributed by atoms with Gasteiger partial charge in [0.15, 0.2) is 5.69 Å². The third kappa shape index (κ3) is 6.18. The third-order valence-corrected chi connectivity index (χ3v) is 4.51. The van der Waals surface area contributed by atoms with E-state index in [4.69, 9.17) is 4.74 Å². The maximum Gasteiger partial charge on any atom is 0.328 e. The number of benzene rings is 1. The molecule has 1 atom stereocenters. The Kier molecular flexibility index (Phi) is 8.14. The van der Waals surface area contributed by atoms with Gasteiger partial charge >= 0.3 is 5.97 Å². The summed E-state index contributed by atoms with van der Waals surface area (Å²) in [5.74, 6) is -0.134. The fourth-order valence-electron chi connectivity index (χ4n) is 2.46. The van der Waals surface area contributed by atoms with Crippen molar-refractivity contribution in [2.75, 3.05) is 19.1 Å². The van der Waals surface area contributed by atoms with Crippen LogP contribution in [0.15, 0.2) is 36.5 Å². The van der Waals surface area contributed by atoms with Gasteiger partial charge in [-0.15, -0.1) is 5.10 Å². The smallest absolute Gasteiger partial charge is 0.328 e. The van der Waals surface area contributed by atoms with Crippen molar-refractivity contribution in [3.8, 4) is 0 Å². The molecule has 0 bridgehead atoms. The first kappa shape index (κ1) is 20.0. The number of carbonyl (C=O) groups is 2. The maximum absolute atomic E-state index is 12.3. The zero-order valence-corrected chi connectivity index (χ0v) is 15.9. The lowest BCUT2D eigenvalue weighted by molar-refractivity contribution is -0.142. The van der Waals surface area contributed by atoms with E-state index in [1.807, 2.05) is 24.5 Å². The number of ether oxygens (including phenoxy) is 1. The Morgan fingerprint density at radius 2 is 2.08 bits per heavy atom. The summed E-state index contributed by atoms with van der Waals surface area (Å²) in [7, 11) is 1.31. The van der Waals surface area contributed by atoms with E-state index in [0.29, 0.717) is 13.0 Å². The Hall–Kier alpha value is -2.35. The highest BCUT2D eigenvalue weighted by molar-refractivity contribution is 7.98. The Balaban J connectivity index is 1.86. The van der Waals surface area contributed by atoms with Crippen LogP contribution in [0.1, 0.15) is 28.9 Å². The minimum absolute atomic E-state index is 0.197. The van der Waals surface area contributed by atoms with Crippen LogP contribution in [0.3, 0.4) is 0 Å². The standard InChI is InChI=1S/C18H24N4O3S/c1-25-18(24)15(10-12-26-2)19-17(23)16-13-22(21-20-16)11-6-9-14-7-4-3-5-8-14/h3-5,7-8,13,15H,6,9-12H2,1-2H3,(H,19,23)/t15-/m1/s1. The van der Waals surface area contributed by atoms with Gasteiger partial charge in [0.25, 0.3) is 5.91 Å². The van der Waals surface area contributed by atoms with E-state index in [-0.39, 0.29) is 5.69 Å². The number of methoxy groups -OCH3 is 1. The molecule has 0 radical (unpaired) electrons. The van der Waals surface area contributed by atoms with Gasteiger partial charge in [-0.1, -0.05) is 35.5 Å². The number of nitrogens with zero attached hydrogens (tertiary/aromatic N) is 3. The summed E-state index contributed by atoms with van der Waals surface area (Å²) in [6.07, 6.45) is 5.87. The summed E-state index contributed by atoms with van der Waals surface area (Å²) in [5, 5.41) is 10.6. The summed E-state index contributed by atoms with van der Waals surface area (Å²) >= 11 is 1.60. The molecular weight excluding hydrogens is 352 g/mol. The van der Waals surface area contributed by atoms with E-state index < -0.39 is 17.9 Å². The summed E-state index contributed by atoms with van der Waals surface area (Å²) in [4.78, 5) is 24.1. The SMILES string of the molecule is COC(=O)[C@@H](CCSC)NC(=O)c1cn(CCCc2ccccc2)nn1. The zero-order valence-electron chi connectivity index (χ0n) is 15.1. The van der Waals surface area contributed by atoms with Gasteiger partial charge in [0.1, 0.15) is 6.04 Å². The van der Waals surface area contributed by atoms with Gasteiger partial charge in [0, 0.05) is 6.54 Å². The minimum atomic E-state index is -0.678. The molecule has 0 fully saturated rings. The van der Waals surface area contributed by atoms with E-state index in [1.165, 1.54) is 12.7 Å². The molecule has 1 aromatic carbocycles. The van der Waals surface area contributed by atoms with Gasteiger partial charge in [-0.3, -0.25) is 9.48 Å². The van der Waals surface area contributed by atoms with Crippen LogP contribution in [0.2, 0.25) is 0 Å². The van der Waals surface area contributed by atoms with Gasteiger partial charge in [-0.25, -0.2) is 4.79 Å². The van der Waals surface area contributed by atoms with Crippen LogP contribution in [0, 0.1) is 0 Å². The van der Waals surface area contributed by atoms with Crippen molar-refractivity contribution in [3.05, 3.63) is 47.8 Å². The van der Waals surface area contributed by atoms with Crippen molar-refractivity contribution in [3.63, 3.8) is 0 Å². The van der Waals surface area contributed by atoms with E-state index in [9.17, 15) is 9.59 Å². The van der Waals surface area contributed by atoms with Gasteiger partial charge in [0.05, 0.1) is 13.3 Å². The molecule has 0 saturated carbocycles. The number of rotatable bonds is 10. The number of esters is 1. The molecule has 7 nitrogen and oxygen atoms in total. The van der Waals surface area contributed by atoms with Crippen molar-refractivity contribution in [2.45, 2.75) is 31.8 Å². The molecule has 8 heteroatoms. The van der Waals surface area contributed by atoms with Crippen molar-refractivity contribution in [2.24, 2.45) is 0 Å². The molecule has 140 valence electrons. The summed E-state index contributed by atoms with van der Waals surface area (Å²) in [5.41, 5.74) is 1.46. The number of thioether (sulfide) groups is 1. The van der Waals surface area contributed by atoms with Gasteiger partial charge in [-0.2, -0.15) is 11.8 Å². The number of hydrogen-bond acceptors (Lipinski definition) is 6. The molecule has 1 heterocycles. The van der Waals surface area contributed by atoms with Crippen LogP contribution < -0.4 is 5.32 Å². The highest BCUT2D eigenvalue weighted by Gasteiger charge is 2.23. The molecule has 1 aromatic heterocycles. The number of nitrogens with one attached hydrogen (secondary N) is 1. The molecule has 0 unspecified atom stereocenters. The Morgan fingerprint density at radius 3 is 2.77 bits per heavy atom. The predicted octanol–water partition coefficient (Wildman–Crippen LogP) is 1.94. The fraction of sp³-hybridized carbons (Fsp3) is 0.444. The van der Waals surface area contributed by atoms with Crippen LogP contribution in [-0.2, 0) is 22.5 Å². The predicted molar refractivity (Wildman–Crippen MR) is 101 cm³/mol. The number of hydrogen-bond donors (Lipinski definition) is 1. The third-order valence-electron chi connectivity index (χ3n) is 3.87. The van der Waals surface area contributed by atoms with Gasteiger partial charge < -0.3 is 10.1 Å². The first-order valence-electron chi connectivity index (χ1n) is 8.45. The second kappa shape index (κ2) is 10.6. The lowest BCUT2D eigenvalue weighted by atomic mass is 10.1. The van der Waals surface area contributed by atoms with Crippen LogP contribution in [0.4, 0.5) is 0 Å². The first-order valence-corrected chi connectivity index (χ1v) is 9.85. The molecule has 2 rings (SSSR count). The topological polar surface area (TPSA) is 86.1 Å². The van der Waals surface area contributed by atoms with Crippen molar-refractivity contribution < 1.29 is 14.3 Å².